The summed E-state index contributed by atoms with van der Waals surface area (Å²) in [6, 6.07) is 10.4. The average molecular weight is 469 g/mol. The van der Waals surface area contributed by atoms with Gasteiger partial charge in [-0.1, -0.05) is 12.1 Å². The highest BCUT2D eigenvalue weighted by molar-refractivity contribution is 7.98. The van der Waals surface area contributed by atoms with Crippen molar-refractivity contribution in [1.82, 2.24) is 14.8 Å². The zero-order valence-corrected chi connectivity index (χ0v) is 19.4. The number of nitriles is 1. The second-order valence-corrected chi connectivity index (χ2v) is 8.27. The van der Waals surface area contributed by atoms with Gasteiger partial charge in [0.1, 0.15) is 28.2 Å². The lowest BCUT2D eigenvalue weighted by atomic mass is 10.1. The van der Waals surface area contributed by atoms with Crippen molar-refractivity contribution in [2.45, 2.75) is 31.1 Å². The highest BCUT2D eigenvalue weighted by Gasteiger charge is 2.17. The number of thioether (sulfide) groups is 1. The molecule has 6 nitrogen and oxygen atoms in total. The Labute approximate surface area is 194 Å². The number of allylic oxidation sites excluding steroid dienone is 1. The molecule has 0 amide bonds. The van der Waals surface area contributed by atoms with E-state index in [4.69, 9.17) is 4.74 Å². The van der Waals surface area contributed by atoms with Crippen molar-refractivity contribution < 1.29 is 18.3 Å². The molecule has 9 heteroatoms. The van der Waals surface area contributed by atoms with Gasteiger partial charge in [-0.25, -0.2) is 13.8 Å². The van der Waals surface area contributed by atoms with Crippen LogP contribution < -0.4 is 4.74 Å². The van der Waals surface area contributed by atoms with Crippen molar-refractivity contribution in [2.75, 3.05) is 7.11 Å². The molecule has 0 atom stereocenters. The van der Waals surface area contributed by atoms with Crippen LogP contribution in [-0.2, 0) is 12.8 Å². The van der Waals surface area contributed by atoms with Crippen molar-refractivity contribution >= 4 is 23.6 Å². The number of aromatic nitrogens is 3. The lowest BCUT2D eigenvalue weighted by Gasteiger charge is -2.12. The molecule has 1 aromatic carbocycles. The lowest BCUT2D eigenvalue weighted by molar-refractivity contribution is 0.103. The number of nitrogens with zero attached hydrogens (tertiary/aromatic N) is 4. The van der Waals surface area contributed by atoms with Gasteiger partial charge in [0.05, 0.1) is 18.4 Å². The Hall–Kier alpha value is -3.51. The molecule has 0 radical (unpaired) electrons. The zero-order valence-electron chi connectivity index (χ0n) is 18.6. The Morgan fingerprint density at radius 2 is 2.06 bits per heavy atom. The molecule has 2 aromatic heterocycles. The van der Waals surface area contributed by atoms with Crippen LogP contribution in [0.3, 0.4) is 0 Å². The summed E-state index contributed by atoms with van der Waals surface area (Å²) in [6.07, 6.45) is 0.443. The largest absolute Gasteiger partial charge is 0.496 e. The van der Waals surface area contributed by atoms with E-state index in [0.29, 0.717) is 22.8 Å². The molecule has 0 aliphatic heterocycles. The van der Waals surface area contributed by atoms with E-state index in [-0.39, 0.29) is 22.1 Å². The maximum atomic E-state index is 13.2. The highest BCUT2D eigenvalue weighted by Crippen LogP contribution is 2.32. The van der Waals surface area contributed by atoms with Crippen LogP contribution in [0.15, 0.2) is 41.4 Å². The van der Waals surface area contributed by atoms with Crippen LogP contribution in [0.2, 0.25) is 0 Å². The van der Waals surface area contributed by atoms with Crippen molar-refractivity contribution in [3.8, 4) is 11.8 Å². The number of aryl methyl sites for hydroxylation is 3. The molecule has 0 saturated heterocycles. The highest BCUT2D eigenvalue weighted by atomic mass is 32.2. The second kappa shape index (κ2) is 10.4. The van der Waals surface area contributed by atoms with Gasteiger partial charge in [0.2, 0.25) is 5.78 Å². The van der Waals surface area contributed by atoms with Crippen LogP contribution in [0.25, 0.3) is 6.08 Å². The summed E-state index contributed by atoms with van der Waals surface area (Å²) in [5.74, 6) is 0.772. The predicted molar refractivity (Wildman–Crippen MR) is 123 cm³/mol. The predicted octanol–water partition coefficient (Wildman–Crippen LogP) is 5.44. The van der Waals surface area contributed by atoms with Gasteiger partial charge in [-0.15, -0.1) is 11.8 Å². The molecule has 0 aliphatic carbocycles. The summed E-state index contributed by atoms with van der Waals surface area (Å²) < 4.78 is 33.3. The number of carbonyl (C=O) groups excluding carboxylic acids is 1. The Kier molecular flexibility index (Phi) is 7.61. The number of alkyl halides is 2. The monoisotopic (exact) mass is 468 g/mol. The van der Waals surface area contributed by atoms with E-state index in [1.165, 1.54) is 35.7 Å². The van der Waals surface area contributed by atoms with Crippen LogP contribution in [0, 0.1) is 25.2 Å². The first-order valence-electron chi connectivity index (χ1n) is 9.96. The van der Waals surface area contributed by atoms with E-state index >= 15 is 0 Å². The second-order valence-electron chi connectivity index (χ2n) is 7.31. The van der Waals surface area contributed by atoms with Gasteiger partial charge >= 0.3 is 0 Å². The summed E-state index contributed by atoms with van der Waals surface area (Å²) >= 11 is 1.19. The molecule has 0 fully saturated rings. The van der Waals surface area contributed by atoms with Crippen molar-refractivity contribution in [3.05, 3.63) is 75.7 Å². The quantitative estimate of drug-likeness (QED) is 0.249. The van der Waals surface area contributed by atoms with E-state index in [1.807, 2.05) is 25.1 Å². The fourth-order valence-corrected chi connectivity index (χ4v) is 4.32. The average Bonchev–Trinajstić information content (AvgIpc) is 3.13. The number of benzene rings is 1. The van der Waals surface area contributed by atoms with Gasteiger partial charge in [-0.05, 0) is 55.3 Å². The van der Waals surface area contributed by atoms with Gasteiger partial charge in [0.15, 0.2) is 0 Å². The third kappa shape index (κ3) is 5.65. The molecule has 2 heterocycles. The van der Waals surface area contributed by atoms with Crippen LogP contribution in [-0.4, -0.2) is 27.7 Å². The number of carbonyl (C=O) groups is 1. The topological polar surface area (TPSA) is 80.8 Å². The van der Waals surface area contributed by atoms with E-state index < -0.39 is 6.43 Å². The number of pyridine rings is 1. The van der Waals surface area contributed by atoms with E-state index in [2.05, 4.69) is 10.1 Å². The number of hydrogen-bond donors (Lipinski definition) is 0. The molecule has 170 valence electrons. The summed E-state index contributed by atoms with van der Waals surface area (Å²) in [6.45, 7) is 3.43. The van der Waals surface area contributed by atoms with E-state index in [0.717, 1.165) is 16.8 Å². The number of hydrogen-bond acceptors (Lipinski definition) is 6. The van der Waals surface area contributed by atoms with Gasteiger partial charge < -0.3 is 4.74 Å². The number of ether oxygens (including phenoxy) is 1. The van der Waals surface area contributed by atoms with Crippen molar-refractivity contribution in [3.63, 3.8) is 0 Å². The molecule has 3 aromatic rings. The summed E-state index contributed by atoms with van der Waals surface area (Å²) in [5.41, 5.74) is 3.16. The lowest BCUT2D eigenvalue weighted by Crippen LogP contribution is -2.03. The SMILES string of the molecule is COc1ccc(/C=C/C(=O)c2cc(C)nn2C)cc1CSc1nc(C(F)F)cc(C)c1C#N. The molecule has 0 spiro atoms. The molecule has 0 bridgehead atoms. The minimum atomic E-state index is -2.72. The Balaban J connectivity index is 1.84. The van der Waals surface area contributed by atoms with Gasteiger partial charge in [0, 0.05) is 18.4 Å². The first-order valence-corrected chi connectivity index (χ1v) is 10.9. The number of halogens is 2. The maximum absolute atomic E-state index is 13.2. The standard InChI is InChI=1S/C24H22F2N4O2S/c1-14-9-19(23(25)26)28-24(18(14)12-27)33-13-17-11-16(6-8-22(17)32-4)5-7-21(31)20-10-15(2)29-30(20)3/h5-11,23H,13H2,1-4H3/b7-5+. The molecular formula is C24H22F2N4O2S. The van der Waals surface area contributed by atoms with Crippen molar-refractivity contribution in [2.24, 2.45) is 7.05 Å². The first-order chi connectivity index (χ1) is 15.7. The Bertz CT molecular complexity index is 1260. The van der Waals surface area contributed by atoms with Crippen LogP contribution in [0.4, 0.5) is 8.78 Å². The summed E-state index contributed by atoms with van der Waals surface area (Å²) in [4.78, 5) is 16.5. The molecule has 0 unspecified atom stereocenters. The summed E-state index contributed by atoms with van der Waals surface area (Å²) in [7, 11) is 3.25. The number of ketones is 1. The fourth-order valence-electron chi connectivity index (χ4n) is 3.28. The zero-order chi connectivity index (χ0) is 24.1. The molecule has 33 heavy (non-hydrogen) atoms. The third-order valence-corrected chi connectivity index (χ3v) is 5.91. The van der Waals surface area contributed by atoms with Gasteiger partial charge in [-0.2, -0.15) is 10.4 Å². The van der Waals surface area contributed by atoms with E-state index in [1.54, 1.807) is 32.2 Å². The third-order valence-electron chi connectivity index (χ3n) is 4.89. The minimum absolute atomic E-state index is 0.174. The molecule has 0 aliphatic rings. The fraction of sp³-hybridized carbons (Fsp3) is 0.250. The van der Waals surface area contributed by atoms with Gasteiger partial charge in [0.25, 0.3) is 6.43 Å². The summed E-state index contributed by atoms with van der Waals surface area (Å²) in [5, 5.41) is 13.9. The van der Waals surface area contributed by atoms with Crippen LogP contribution >= 0.6 is 11.8 Å². The van der Waals surface area contributed by atoms with Crippen LogP contribution in [0.5, 0.6) is 5.75 Å². The molecule has 0 saturated carbocycles. The van der Waals surface area contributed by atoms with E-state index in [9.17, 15) is 18.8 Å². The molecule has 3 rings (SSSR count). The minimum Gasteiger partial charge on any atom is -0.496 e. The maximum Gasteiger partial charge on any atom is 0.280 e. The number of rotatable bonds is 8. The molecular weight excluding hydrogens is 446 g/mol. The number of methoxy groups -OCH3 is 1. The molecule has 0 N–H and O–H groups in total. The smallest absolute Gasteiger partial charge is 0.280 e. The first kappa shape index (κ1) is 24.1. The Morgan fingerprint density at radius 3 is 2.67 bits per heavy atom. The normalized spacial score (nSPS) is 11.2. The Morgan fingerprint density at radius 1 is 1.30 bits per heavy atom. The van der Waals surface area contributed by atoms with Crippen LogP contribution in [0.1, 0.15) is 50.6 Å². The van der Waals surface area contributed by atoms with Crippen molar-refractivity contribution in [1.29, 1.82) is 5.26 Å². The van der Waals surface area contributed by atoms with Gasteiger partial charge in [-0.3, -0.25) is 9.48 Å².